The SMILES string of the molecule is CCC(CC)C(N)c1ccc(Br)c2ccccc12. The van der Waals surface area contributed by atoms with Crippen LogP contribution >= 0.6 is 15.9 Å². The van der Waals surface area contributed by atoms with Crippen molar-refractivity contribution in [2.45, 2.75) is 32.7 Å². The molecule has 2 aromatic rings. The summed E-state index contributed by atoms with van der Waals surface area (Å²) >= 11 is 3.61. The zero-order valence-corrected chi connectivity index (χ0v) is 12.6. The lowest BCUT2D eigenvalue weighted by molar-refractivity contribution is 0.407. The Kier molecular flexibility index (Phi) is 4.41. The number of nitrogens with two attached hydrogens (primary N) is 1. The standard InChI is InChI=1S/C16H20BrN/c1-3-11(4-2)16(18)14-9-10-15(17)13-8-6-5-7-12(13)14/h5-11,16H,3-4,18H2,1-2H3. The number of halogens is 1. The molecule has 1 unspecified atom stereocenters. The van der Waals surface area contributed by atoms with Gasteiger partial charge in [0.1, 0.15) is 0 Å². The molecule has 0 saturated carbocycles. The second-order valence-corrected chi connectivity index (χ2v) is 5.64. The lowest BCUT2D eigenvalue weighted by Gasteiger charge is -2.23. The average molecular weight is 306 g/mol. The van der Waals surface area contributed by atoms with Gasteiger partial charge in [-0.25, -0.2) is 0 Å². The second-order valence-electron chi connectivity index (χ2n) is 4.78. The maximum absolute atomic E-state index is 6.46. The Hall–Kier alpha value is -0.860. The van der Waals surface area contributed by atoms with Gasteiger partial charge >= 0.3 is 0 Å². The normalized spacial score (nSPS) is 13.2. The molecule has 0 aliphatic heterocycles. The van der Waals surface area contributed by atoms with Crippen LogP contribution in [0.15, 0.2) is 40.9 Å². The van der Waals surface area contributed by atoms with Gasteiger partial charge in [-0.15, -0.1) is 0 Å². The smallest absolute Gasteiger partial charge is 0.0329 e. The largest absolute Gasteiger partial charge is 0.324 e. The van der Waals surface area contributed by atoms with Crippen LogP contribution in [-0.2, 0) is 0 Å². The van der Waals surface area contributed by atoms with E-state index in [1.807, 2.05) is 0 Å². The van der Waals surface area contributed by atoms with Crippen molar-refractivity contribution in [1.82, 2.24) is 0 Å². The molecule has 18 heavy (non-hydrogen) atoms. The van der Waals surface area contributed by atoms with Gasteiger partial charge in [0, 0.05) is 10.5 Å². The molecular formula is C16H20BrN. The van der Waals surface area contributed by atoms with E-state index in [2.05, 4.69) is 66.2 Å². The van der Waals surface area contributed by atoms with E-state index >= 15 is 0 Å². The Balaban J connectivity index is 2.54. The predicted molar refractivity (Wildman–Crippen MR) is 82.6 cm³/mol. The molecule has 0 bridgehead atoms. The highest BCUT2D eigenvalue weighted by atomic mass is 79.9. The lowest BCUT2D eigenvalue weighted by Crippen LogP contribution is -2.20. The Morgan fingerprint density at radius 3 is 2.22 bits per heavy atom. The number of fused-ring (bicyclic) bond motifs is 1. The molecule has 0 aromatic heterocycles. The molecule has 2 N–H and O–H groups in total. The van der Waals surface area contributed by atoms with E-state index < -0.39 is 0 Å². The van der Waals surface area contributed by atoms with E-state index in [4.69, 9.17) is 5.73 Å². The molecule has 0 saturated heterocycles. The minimum absolute atomic E-state index is 0.123. The maximum atomic E-state index is 6.46. The quantitative estimate of drug-likeness (QED) is 0.841. The van der Waals surface area contributed by atoms with Crippen LogP contribution in [0.25, 0.3) is 10.8 Å². The van der Waals surface area contributed by atoms with Gasteiger partial charge in [-0.3, -0.25) is 0 Å². The Bertz CT molecular complexity index is 532. The summed E-state index contributed by atoms with van der Waals surface area (Å²) in [5.41, 5.74) is 7.73. The highest BCUT2D eigenvalue weighted by Gasteiger charge is 2.18. The molecule has 96 valence electrons. The molecule has 1 nitrogen and oxygen atoms in total. The minimum Gasteiger partial charge on any atom is -0.324 e. The maximum Gasteiger partial charge on any atom is 0.0329 e. The number of rotatable bonds is 4. The van der Waals surface area contributed by atoms with Crippen molar-refractivity contribution in [3.63, 3.8) is 0 Å². The Morgan fingerprint density at radius 2 is 1.61 bits per heavy atom. The van der Waals surface area contributed by atoms with Crippen LogP contribution in [0.1, 0.15) is 38.3 Å². The summed E-state index contributed by atoms with van der Waals surface area (Å²) in [6, 6.07) is 12.9. The average Bonchev–Trinajstić information content (AvgIpc) is 2.41. The molecular weight excluding hydrogens is 286 g/mol. The van der Waals surface area contributed by atoms with Crippen molar-refractivity contribution in [2.24, 2.45) is 11.7 Å². The monoisotopic (exact) mass is 305 g/mol. The first-order chi connectivity index (χ1) is 8.69. The fourth-order valence-electron chi connectivity index (χ4n) is 2.63. The zero-order valence-electron chi connectivity index (χ0n) is 11.0. The van der Waals surface area contributed by atoms with E-state index in [0.29, 0.717) is 5.92 Å². The molecule has 0 aliphatic rings. The van der Waals surface area contributed by atoms with Crippen molar-refractivity contribution < 1.29 is 0 Å². The molecule has 0 aliphatic carbocycles. The van der Waals surface area contributed by atoms with Crippen molar-refractivity contribution in [3.05, 3.63) is 46.4 Å². The molecule has 0 fully saturated rings. The van der Waals surface area contributed by atoms with E-state index in [1.165, 1.54) is 16.3 Å². The van der Waals surface area contributed by atoms with Gasteiger partial charge in [0.15, 0.2) is 0 Å². The third kappa shape index (κ3) is 2.45. The van der Waals surface area contributed by atoms with Crippen LogP contribution in [0, 0.1) is 5.92 Å². The topological polar surface area (TPSA) is 26.0 Å². The van der Waals surface area contributed by atoms with Crippen LogP contribution in [-0.4, -0.2) is 0 Å². The van der Waals surface area contributed by atoms with Gasteiger partial charge in [0.25, 0.3) is 0 Å². The summed E-state index contributed by atoms with van der Waals surface area (Å²) < 4.78 is 1.14. The third-order valence-corrected chi connectivity index (χ3v) is 4.51. The summed E-state index contributed by atoms with van der Waals surface area (Å²) in [7, 11) is 0. The summed E-state index contributed by atoms with van der Waals surface area (Å²) in [6.45, 7) is 4.43. The molecule has 2 rings (SSSR count). The van der Waals surface area contributed by atoms with Gasteiger partial charge in [-0.2, -0.15) is 0 Å². The number of hydrogen-bond acceptors (Lipinski definition) is 1. The molecule has 2 aromatic carbocycles. The van der Waals surface area contributed by atoms with Gasteiger partial charge in [-0.05, 0) is 28.3 Å². The van der Waals surface area contributed by atoms with Gasteiger partial charge < -0.3 is 5.73 Å². The lowest BCUT2D eigenvalue weighted by atomic mass is 9.87. The van der Waals surface area contributed by atoms with Gasteiger partial charge in [0.05, 0.1) is 0 Å². The summed E-state index contributed by atoms with van der Waals surface area (Å²) in [5.74, 6) is 0.551. The number of benzene rings is 2. The van der Waals surface area contributed by atoms with Crippen LogP contribution in [0.2, 0.25) is 0 Å². The van der Waals surface area contributed by atoms with Gasteiger partial charge in [-0.1, -0.05) is 73.0 Å². The Labute approximate surface area is 118 Å². The Morgan fingerprint density at radius 1 is 1.00 bits per heavy atom. The van der Waals surface area contributed by atoms with Crippen LogP contribution < -0.4 is 5.73 Å². The van der Waals surface area contributed by atoms with Crippen molar-refractivity contribution in [1.29, 1.82) is 0 Å². The predicted octanol–water partition coefficient (Wildman–Crippen LogP) is 5.04. The minimum atomic E-state index is 0.123. The van der Waals surface area contributed by atoms with E-state index in [9.17, 15) is 0 Å². The van der Waals surface area contributed by atoms with Crippen molar-refractivity contribution in [3.8, 4) is 0 Å². The molecule has 0 heterocycles. The van der Waals surface area contributed by atoms with Crippen LogP contribution in [0.3, 0.4) is 0 Å². The highest BCUT2D eigenvalue weighted by molar-refractivity contribution is 9.10. The summed E-state index contributed by atoms with van der Waals surface area (Å²) in [6.07, 6.45) is 2.25. The number of hydrogen-bond donors (Lipinski definition) is 1. The first-order valence-corrected chi connectivity index (χ1v) is 7.41. The van der Waals surface area contributed by atoms with Crippen molar-refractivity contribution >= 4 is 26.7 Å². The van der Waals surface area contributed by atoms with Crippen LogP contribution in [0.5, 0.6) is 0 Å². The summed E-state index contributed by atoms with van der Waals surface area (Å²) in [5, 5.41) is 2.52. The fraction of sp³-hybridized carbons (Fsp3) is 0.375. The molecule has 2 heteroatoms. The molecule has 1 atom stereocenters. The van der Waals surface area contributed by atoms with E-state index in [-0.39, 0.29) is 6.04 Å². The van der Waals surface area contributed by atoms with Crippen molar-refractivity contribution in [2.75, 3.05) is 0 Å². The first-order valence-electron chi connectivity index (χ1n) is 6.61. The van der Waals surface area contributed by atoms with Crippen LogP contribution in [0.4, 0.5) is 0 Å². The first kappa shape index (κ1) is 13.6. The van der Waals surface area contributed by atoms with E-state index in [0.717, 1.165) is 17.3 Å². The molecule has 0 spiro atoms. The second kappa shape index (κ2) is 5.85. The van der Waals surface area contributed by atoms with E-state index in [1.54, 1.807) is 0 Å². The fourth-order valence-corrected chi connectivity index (χ4v) is 3.10. The molecule has 0 radical (unpaired) electrons. The molecule has 0 amide bonds. The zero-order chi connectivity index (χ0) is 13.1. The van der Waals surface area contributed by atoms with Gasteiger partial charge in [0.2, 0.25) is 0 Å². The summed E-state index contributed by atoms with van der Waals surface area (Å²) in [4.78, 5) is 0. The third-order valence-electron chi connectivity index (χ3n) is 3.82. The highest BCUT2D eigenvalue weighted by Crippen LogP contribution is 2.33.